The molecular weight excluding hydrogens is 366 g/mol. The number of carbonyl (C=O) groups is 1. The zero-order chi connectivity index (χ0) is 17.2. The van der Waals surface area contributed by atoms with E-state index < -0.39 is 15.6 Å². The van der Waals surface area contributed by atoms with Gasteiger partial charge in [-0.1, -0.05) is 0 Å². The first-order chi connectivity index (χ1) is 11.4. The van der Waals surface area contributed by atoms with E-state index in [2.05, 4.69) is 10.0 Å². The Balaban J connectivity index is 0.00000225. The number of sulfonamides is 1. The highest BCUT2D eigenvalue weighted by Crippen LogP contribution is 2.28. The SMILES string of the molecule is Cl.NC1(C(=O)Nc2ccc(S(=O)(=O)NCC3CC3)cc2)CCOCC1. The predicted molar refractivity (Wildman–Crippen MR) is 97.2 cm³/mol. The number of hydrogen-bond acceptors (Lipinski definition) is 5. The summed E-state index contributed by atoms with van der Waals surface area (Å²) in [5.74, 6) is 0.201. The van der Waals surface area contributed by atoms with Gasteiger partial charge in [0.15, 0.2) is 0 Å². The first kappa shape index (κ1) is 20.1. The van der Waals surface area contributed by atoms with Gasteiger partial charge in [-0.2, -0.15) is 0 Å². The fourth-order valence-electron chi connectivity index (χ4n) is 2.57. The number of hydrogen-bond donors (Lipinski definition) is 3. The lowest BCUT2D eigenvalue weighted by molar-refractivity contribution is -0.124. The third-order valence-corrected chi connectivity index (χ3v) is 5.96. The molecule has 0 atom stereocenters. The molecule has 0 aromatic heterocycles. The Morgan fingerprint density at radius 1 is 1.20 bits per heavy atom. The Labute approximate surface area is 154 Å². The quantitative estimate of drug-likeness (QED) is 0.678. The first-order valence-electron chi connectivity index (χ1n) is 8.17. The lowest BCUT2D eigenvalue weighted by atomic mass is 9.90. The third kappa shape index (κ3) is 5.15. The molecule has 1 saturated heterocycles. The number of nitrogens with one attached hydrogen (secondary N) is 2. The summed E-state index contributed by atoms with van der Waals surface area (Å²) in [5, 5.41) is 2.76. The molecule has 9 heteroatoms. The van der Waals surface area contributed by atoms with Crippen LogP contribution in [0.4, 0.5) is 5.69 Å². The van der Waals surface area contributed by atoms with Crippen molar-refractivity contribution < 1.29 is 17.9 Å². The molecule has 2 aliphatic rings. The van der Waals surface area contributed by atoms with Crippen molar-refractivity contribution in [1.82, 2.24) is 4.72 Å². The molecule has 3 rings (SSSR count). The second-order valence-electron chi connectivity index (χ2n) is 6.54. The van der Waals surface area contributed by atoms with E-state index in [0.717, 1.165) is 12.8 Å². The van der Waals surface area contributed by atoms with E-state index >= 15 is 0 Å². The number of anilines is 1. The molecule has 1 aromatic carbocycles. The van der Waals surface area contributed by atoms with Crippen LogP contribution in [0, 0.1) is 5.92 Å². The molecular formula is C16H24ClN3O4S. The summed E-state index contributed by atoms with van der Waals surface area (Å²) >= 11 is 0. The molecule has 0 unspecified atom stereocenters. The van der Waals surface area contributed by atoms with Gasteiger partial charge in [-0.25, -0.2) is 13.1 Å². The Bertz CT molecular complexity index is 699. The molecule has 1 aromatic rings. The van der Waals surface area contributed by atoms with Crippen molar-refractivity contribution in [3.8, 4) is 0 Å². The Morgan fingerprint density at radius 3 is 2.36 bits per heavy atom. The van der Waals surface area contributed by atoms with Crippen LogP contribution in [-0.2, 0) is 19.6 Å². The molecule has 1 heterocycles. The highest BCUT2D eigenvalue weighted by atomic mass is 35.5. The maximum absolute atomic E-state index is 12.3. The highest BCUT2D eigenvalue weighted by molar-refractivity contribution is 7.89. The minimum atomic E-state index is -3.50. The maximum atomic E-state index is 12.3. The molecule has 2 fully saturated rings. The van der Waals surface area contributed by atoms with Crippen molar-refractivity contribution in [2.45, 2.75) is 36.1 Å². The predicted octanol–water partition coefficient (Wildman–Crippen LogP) is 1.24. The van der Waals surface area contributed by atoms with Crippen molar-refractivity contribution >= 4 is 34.0 Å². The van der Waals surface area contributed by atoms with Crippen molar-refractivity contribution in [3.63, 3.8) is 0 Å². The van der Waals surface area contributed by atoms with Crippen LogP contribution >= 0.6 is 12.4 Å². The largest absolute Gasteiger partial charge is 0.381 e. The van der Waals surface area contributed by atoms with Crippen LogP contribution in [0.5, 0.6) is 0 Å². The zero-order valence-corrected chi connectivity index (χ0v) is 15.5. The number of carbonyl (C=O) groups excluding carboxylic acids is 1. The van der Waals surface area contributed by atoms with Gasteiger partial charge in [-0.15, -0.1) is 12.4 Å². The molecule has 0 radical (unpaired) electrons. The summed E-state index contributed by atoms with van der Waals surface area (Å²) in [6, 6.07) is 6.12. The molecule has 1 aliphatic heterocycles. The van der Waals surface area contributed by atoms with Crippen LogP contribution in [0.3, 0.4) is 0 Å². The number of amides is 1. The van der Waals surface area contributed by atoms with Crippen LogP contribution in [0.2, 0.25) is 0 Å². The van der Waals surface area contributed by atoms with E-state index in [9.17, 15) is 13.2 Å². The van der Waals surface area contributed by atoms with E-state index in [-0.39, 0.29) is 23.2 Å². The summed E-state index contributed by atoms with van der Waals surface area (Å²) in [6.45, 7) is 1.42. The molecule has 7 nitrogen and oxygen atoms in total. The highest BCUT2D eigenvalue weighted by Gasteiger charge is 2.36. The van der Waals surface area contributed by atoms with Crippen LogP contribution in [0.15, 0.2) is 29.2 Å². The van der Waals surface area contributed by atoms with Crippen LogP contribution < -0.4 is 15.8 Å². The lowest BCUT2D eigenvalue weighted by Gasteiger charge is -2.31. The van der Waals surface area contributed by atoms with E-state index in [1.54, 1.807) is 12.1 Å². The average Bonchev–Trinajstić information content (AvgIpc) is 3.39. The second kappa shape index (κ2) is 8.01. The number of nitrogens with two attached hydrogens (primary N) is 1. The minimum absolute atomic E-state index is 0. The van der Waals surface area contributed by atoms with Gasteiger partial charge < -0.3 is 15.8 Å². The number of benzene rings is 1. The molecule has 1 amide bonds. The van der Waals surface area contributed by atoms with Gasteiger partial charge in [-0.3, -0.25) is 4.79 Å². The zero-order valence-electron chi connectivity index (χ0n) is 13.9. The third-order valence-electron chi connectivity index (χ3n) is 4.52. The smallest absolute Gasteiger partial charge is 0.244 e. The lowest BCUT2D eigenvalue weighted by Crippen LogP contribution is -2.54. The number of rotatable bonds is 6. The monoisotopic (exact) mass is 389 g/mol. The van der Waals surface area contributed by atoms with Crippen molar-refractivity contribution in [1.29, 1.82) is 0 Å². The van der Waals surface area contributed by atoms with E-state index in [4.69, 9.17) is 10.5 Å². The Hall–Kier alpha value is -1.19. The van der Waals surface area contributed by atoms with Gasteiger partial charge in [0.1, 0.15) is 5.54 Å². The van der Waals surface area contributed by atoms with Crippen molar-refractivity contribution in [3.05, 3.63) is 24.3 Å². The molecule has 1 aliphatic carbocycles. The Morgan fingerprint density at radius 2 is 1.80 bits per heavy atom. The minimum Gasteiger partial charge on any atom is -0.381 e. The van der Waals surface area contributed by atoms with Crippen molar-refractivity contribution in [2.24, 2.45) is 11.7 Å². The van der Waals surface area contributed by atoms with Gasteiger partial charge in [0.2, 0.25) is 15.9 Å². The molecule has 25 heavy (non-hydrogen) atoms. The van der Waals surface area contributed by atoms with Crippen LogP contribution in [0.1, 0.15) is 25.7 Å². The average molecular weight is 390 g/mol. The van der Waals surface area contributed by atoms with E-state index in [0.29, 0.717) is 44.2 Å². The molecule has 0 bridgehead atoms. The van der Waals surface area contributed by atoms with Crippen molar-refractivity contribution in [2.75, 3.05) is 25.1 Å². The molecule has 140 valence electrons. The van der Waals surface area contributed by atoms with Gasteiger partial charge in [0.25, 0.3) is 0 Å². The normalized spacial score (nSPS) is 19.7. The molecule has 1 saturated carbocycles. The molecule has 4 N–H and O–H groups in total. The number of halogens is 1. The summed E-state index contributed by atoms with van der Waals surface area (Å²) in [4.78, 5) is 12.5. The first-order valence-corrected chi connectivity index (χ1v) is 9.65. The summed E-state index contributed by atoms with van der Waals surface area (Å²) in [7, 11) is -3.50. The summed E-state index contributed by atoms with van der Waals surface area (Å²) < 4.78 is 32.2. The second-order valence-corrected chi connectivity index (χ2v) is 8.31. The summed E-state index contributed by atoms with van der Waals surface area (Å²) in [5.41, 5.74) is 5.72. The van der Waals surface area contributed by atoms with E-state index in [1.165, 1.54) is 12.1 Å². The fourth-order valence-corrected chi connectivity index (χ4v) is 3.68. The fraction of sp³-hybridized carbons (Fsp3) is 0.562. The maximum Gasteiger partial charge on any atom is 0.244 e. The van der Waals surface area contributed by atoms with Gasteiger partial charge in [0, 0.05) is 25.4 Å². The topological polar surface area (TPSA) is 111 Å². The van der Waals surface area contributed by atoms with Crippen LogP contribution in [0.25, 0.3) is 0 Å². The summed E-state index contributed by atoms with van der Waals surface area (Å²) in [6.07, 6.45) is 3.10. The number of ether oxygens (including phenoxy) is 1. The van der Waals surface area contributed by atoms with Crippen LogP contribution in [-0.4, -0.2) is 39.6 Å². The molecule has 0 spiro atoms. The standard InChI is InChI=1S/C16H23N3O4S.ClH/c17-16(7-9-23-10-8-16)15(20)19-13-3-5-14(6-4-13)24(21,22)18-11-12-1-2-12;/h3-6,12,18H,1-2,7-11,17H2,(H,19,20);1H. The van der Waals surface area contributed by atoms with Gasteiger partial charge in [-0.05, 0) is 55.9 Å². The van der Waals surface area contributed by atoms with Gasteiger partial charge in [0.05, 0.1) is 4.90 Å². The van der Waals surface area contributed by atoms with Gasteiger partial charge >= 0.3 is 0 Å². The van der Waals surface area contributed by atoms with E-state index in [1.807, 2.05) is 0 Å². The Kier molecular flexibility index (Phi) is 6.45.